The minimum absolute atomic E-state index is 0.0546. The molecule has 1 aliphatic carbocycles. The summed E-state index contributed by atoms with van der Waals surface area (Å²) in [4.78, 5) is 0. The average molecular weight is 290 g/mol. The second-order valence-corrected chi connectivity index (χ2v) is 4.87. The predicted molar refractivity (Wildman–Crippen MR) is 70.0 cm³/mol. The van der Waals surface area contributed by atoms with Gasteiger partial charge in [0.25, 0.3) is 0 Å². The van der Waals surface area contributed by atoms with Crippen molar-refractivity contribution in [3.05, 3.63) is 29.0 Å². The summed E-state index contributed by atoms with van der Waals surface area (Å²) < 4.78 is 29.1. The van der Waals surface area contributed by atoms with E-state index in [1.165, 1.54) is 18.2 Å². The Morgan fingerprint density at radius 2 is 2.21 bits per heavy atom. The van der Waals surface area contributed by atoms with E-state index < -0.39 is 5.82 Å². The molecule has 0 bridgehead atoms. The van der Waals surface area contributed by atoms with E-state index in [0.29, 0.717) is 25.4 Å². The number of methoxy groups -OCH3 is 1. The Labute approximate surface area is 116 Å². The van der Waals surface area contributed by atoms with Crippen molar-refractivity contribution >= 4 is 11.6 Å². The summed E-state index contributed by atoms with van der Waals surface area (Å²) in [6, 6.07) is 3.98. The van der Waals surface area contributed by atoms with Gasteiger partial charge in [0.15, 0.2) is 0 Å². The van der Waals surface area contributed by atoms with Gasteiger partial charge in [-0.25, -0.2) is 4.39 Å². The molecule has 3 unspecified atom stereocenters. The highest BCUT2D eigenvalue weighted by atomic mass is 35.5. The lowest BCUT2D eigenvalue weighted by molar-refractivity contribution is -0.107. The minimum atomic E-state index is -0.393. The van der Waals surface area contributed by atoms with Gasteiger partial charge in [0.1, 0.15) is 23.8 Å². The van der Waals surface area contributed by atoms with Gasteiger partial charge in [-0.2, -0.15) is 0 Å². The van der Waals surface area contributed by atoms with Gasteiger partial charge in [0.05, 0.1) is 18.2 Å². The first-order chi connectivity index (χ1) is 9.11. The lowest BCUT2D eigenvalue weighted by atomic mass is 9.86. The van der Waals surface area contributed by atoms with E-state index in [0.717, 1.165) is 0 Å². The van der Waals surface area contributed by atoms with Gasteiger partial charge >= 0.3 is 0 Å². The molecule has 1 aliphatic rings. The summed E-state index contributed by atoms with van der Waals surface area (Å²) in [5, 5.41) is 0.246. The number of ether oxygens (including phenoxy) is 3. The van der Waals surface area contributed by atoms with Crippen LogP contribution >= 0.6 is 11.6 Å². The van der Waals surface area contributed by atoms with Crippen LogP contribution in [0.2, 0.25) is 5.02 Å². The molecule has 1 fully saturated rings. The predicted octanol–water partition coefficient (Wildman–Crippen LogP) is 1.99. The van der Waals surface area contributed by atoms with Gasteiger partial charge in [-0.3, -0.25) is 0 Å². The Morgan fingerprint density at radius 3 is 2.84 bits per heavy atom. The van der Waals surface area contributed by atoms with Crippen molar-refractivity contribution in [2.75, 3.05) is 20.3 Å². The van der Waals surface area contributed by atoms with Crippen LogP contribution in [0.1, 0.15) is 6.42 Å². The van der Waals surface area contributed by atoms with E-state index in [1.807, 2.05) is 0 Å². The van der Waals surface area contributed by atoms with Crippen LogP contribution in [0.5, 0.6) is 5.75 Å². The van der Waals surface area contributed by atoms with Crippen LogP contribution in [-0.4, -0.2) is 38.6 Å². The van der Waals surface area contributed by atoms with Gasteiger partial charge in [-0.1, -0.05) is 11.6 Å². The molecule has 106 valence electrons. The highest BCUT2D eigenvalue weighted by Crippen LogP contribution is 2.32. The maximum absolute atomic E-state index is 12.9. The molecule has 2 N–H and O–H groups in total. The standard InChI is InChI=1S/C13H17ClFNO3/c1-17-4-5-18-13-10(16)7-12(13)19-11-3-2-8(15)6-9(11)14/h2-3,6,10,12-13H,4-5,7,16H2,1H3. The third-order valence-corrected chi connectivity index (χ3v) is 3.36. The lowest BCUT2D eigenvalue weighted by Crippen LogP contribution is -2.59. The Bertz CT molecular complexity index is 432. The molecule has 1 aromatic carbocycles. The van der Waals surface area contributed by atoms with Gasteiger partial charge in [0.2, 0.25) is 0 Å². The lowest BCUT2D eigenvalue weighted by Gasteiger charge is -2.41. The summed E-state index contributed by atoms with van der Waals surface area (Å²) in [5.74, 6) is 0.0517. The van der Waals surface area contributed by atoms with E-state index in [1.54, 1.807) is 7.11 Å². The normalized spacial score (nSPS) is 26.0. The second kappa shape index (κ2) is 6.52. The molecular weight excluding hydrogens is 273 g/mol. The van der Waals surface area contributed by atoms with Crippen molar-refractivity contribution in [1.29, 1.82) is 0 Å². The van der Waals surface area contributed by atoms with Gasteiger partial charge < -0.3 is 19.9 Å². The molecule has 0 aromatic heterocycles. The maximum atomic E-state index is 12.9. The zero-order valence-corrected chi connectivity index (χ0v) is 11.4. The monoisotopic (exact) mass is 289 g/mol. The summed E-state index contributed by atoms with van der Waals surface area (Å²) in [6.07, 6.45) is 0.344. The van der Waals surface area contributed by atoms with E-state index in [-0.39, 0.29) is 23.3 Å². The highest BCUT2D eigenvalue weighted by molar-refractivity contribution is 6.32. The van der Waals surface area contributed by atoms with E-state index >= 15 is 0 Å². The first-order valence-electron chi connectivity index (χ1n) is 6.09. The third kappa shape index (κ3) is 3.57. The number of hydrogen-bond acceptors (Lipinski definition) is 4. The zero-order valence-electron chi connectivity index (χ0n) is 10.6. The fraction of sp³-hybridized carbons (Fsp3) is 0.538. The number of hydrogen-bond donors (Lipinski definition) is 1. The second-order valence-electron chi connectivity index (χ2n) is 4.46. The van der Waals surface area contributed by atoms with Crippen molar-refractivity contribution in [3.63, 3.8) is 0 Å². The SMILES string of the molecule is COCCOC1C(N)CC1Oc1ccc(F)cc1Cl. The van der Waals surface area contributed by atoms with Crippen LogP contribution in [0, 0.1) is 5.82 Å². The minimum Gasteiger partial charge on any atom is -0.486 e. The Balaban J connectivity index is 1.91. The van der Waals surface area contributed by atoms with E-state index in [9.17, 15) is 4.39 Å². The largest absolute Gasteiger partial charge is 0.486 e. The summed E-state index contributed by atoms with van der Waals surface area (Å²) in [6.45, 7) is 0.971. The van der Waals surface area contributed by atoms with Crippen molar-refractivity contribution in [2.24, 2.45) is 5.73 Å². The molecule has 0 saturated heterocycles. The summed E-state index contributed by atoms with van der Waals surface area (Å²) in [5.41, 5.74) is 5.87. The molecule has 2 rings (SSSR count). The Morgan fingerprint density at radius 1 is 1.42 bits per heavy atom. The number of nitrogens with two attached hydrogens (primary N) is 1. The van der Waals surface area contributed by atoms with Crippen LogP contribution in [0.25, 0.3) is 0 Å². The first kappa shape index (κ1) is 14.5. The molecule has 4 nitrogen and oxygen atoms in total. The number of benzene rings is 1. The Kier molecular flexibility index (Phi) is 4.99. The van der Waals surface area contributed by atoms with Crippen molar-refractivity contribution in [3.8, 4) is 5.75 Å². The van der Waals surface area contributed by atoms with Crippen LogP contribution in [-0.2, 0) is 9.47 Å². The van der Waals surface area contributed by atoms with Gasteiger partial charge in [0, 0.05) is 19.6 Å². The molecule has 0 spiro atoms. The van der Waals surface area contributed by atoms with Crippen LogP contribution in [0.3, 0.4) is 0 Å². The number of rotatable bonds is 6. The highest BCUT2D eigenvalue weighted by Gasteiger charge is 2.41. The fourth-order valence-corrected chi connectivity index (χ4v) is 2.18. The van der Waals surface area contributed by atoms with Gasteiger partial charge in [-0.15, -0.1) is 0 Å². The molecule has 0 radical (unpaired) electrons. The van der Waals surface area contributed by atoms with E-state index in [4.69, 9.17) is 31.5 Å². The molecule has 3 atom stereocenters. The Hall–Kier alpha value is -0.880. The van der Waals surface area contributed by atoms with Crippen molar-refractivity contribution in [2.45, 2.75) is 24.7 Å². The van der Waals surface area contributed by atoms with Crippen LogP contribution in [0.15, 0.2) is 18.2 Å². The molecule has 1 saturated carbocycles. The van der Waals surface area contributed by atoms with Crippen molar-refractivity contribution < 1.29 is 18.6 Å². The topological polar surface area (TPSA) is 53.7 Å². The summed E-state index contributed by atoms with van der Waals surface area (Å²) in [7, 11) is 1.61. The molecule has 19 heavy (non-hydrogen) atoms. The average Bonchev–Trinajstić information content (AvgIpc) is 2.37. The van der Waals surface area contributed by atoms with E-state index in [2.05, 4.69) is 0 Å². The first-order valence-corrected chi connectivity index (χ1v) is 6.47. The zero-order chi connectivity index (χ0) is 13.8. The molecular formula is C13H17ClFNO3. The van der Waals surface area contributed by atoms with Crippen LogP contribution in [0.4, 0.5) is 4.39 Å². The van der Waals surface area contributed by atoms with Crippen LogP contribution < -0.4 is 10.5 Å². The van der Waals surface area contributed by atoms with Gasteiger partial charge in [-0.05, 0) is 18.2 Å². The third-order valence-electron chi connectivity index (χ3n) is 3.06. The smallest absolute Gasteiger partial charge is 0.138 e. The molecule has 0 aliphatic heterocycles. The van der Waals surface area contributed by atoms with Crippen molar-refractivity contribution in [1.82, 2.24) is 0 Å². The quantitative estimate of drug-likeness (QED) is 0.814. The summed E-state index contributed by atoms with van der Waals surface area (Å²) >= 11 is 5.91. The maximum Gasteiger partial charge on any atom is 0.138 e. The number of halogens is 2. The molecule has 0 heterocycles. The molecule has 0 amide bonds. The molecule has 6 heteroatoms. The fourth-order valence-electron chi connectivity index (χ4n) is 1.96. The molecule has 1 aromatic rings.